The molecule has 3 rings (SSSR count). The number of carbonyl (C=O) groups excluding carboxylic acids is 2. The average Bonchev–Trinajstić information content (AvgIpc) is 3.32. The Kier molecular flexibility index (Phi) is 4.97. The lowest BCUT2D eigenvalue weighted by Gasteiger charge is -2.27. The smallest absolute Gasteiger partial charge is 0.224 e. The maximum atomic E-state index is 13.0. The fourth-order valence-corrected chi connectivity index (χ4v) is 3.09. The van der Waals surface area contributed by atoms with E-state index in [-0.39, 0.29) is 23.5 Å². The van der Waals surface area contributed by atoms with E-state index in [4.69, 9.17) is 0 Å². The Hall–Kier alpha value is -2.17. The summed E-state index contributed by atoms with van der Waals surface area (Å²) in [5, 5.41) is 2.85. The number of nitrogens with one attached hydrogen (secondary N) is 1. The van der Waals surface area contributed by atoms with Gasteiger partial charge in [0, 0.05) is 32.0 Å². The monoisotopic (exact) mass is 330 g/mol. The zero-order valence-corrected chi connectivity index (χ0v) is 13.9. The first kappa shape index (κ1) is 16.7. The van der Waals surface area contributed by atoms with Crippen molar-refractivity contribution in [1.82, 2.24) is 10.2 Å². The van der Waals surface area contributed by atoms with Crippen LogP contribution >= 0.6 is 0 Å². The number of nitrogens with zero attached hydrogens (tertiary/aromatic N) is 1. The Morgan fingerprint density at radius 3 is 2.58 bits per heavy atom. The van der Waals surface area contributed by atoms with Gasteiger partial charge in [0.25, 0.3) is 0 Å². The van der Waals surface area contributed by atoms with E-state index in [2.05, 4.69) is 12.2 Å². The second-order valence-corrected chi connectivity index (χ2v) is 6.69. The fraction of sp³-hybridized carbons (Fsp3) is 0.474. The molecule has 1 fully saturated rings. The normalized spacial score (nSPS) is 22.8. The molecule has 2 amide bonds. The van der Waals surface area contributed by atoms with E-state index in [0.29, 0.717) is 32.0 Å². The quantitative estimate of drug-likeness (QED) is 0.902. The summed E-state index contributed by atoms with van der Waals surface area (Å²) in [6.07, 6.45) is 4.10. The molecule has 0 aromatic heterocycles. The summed E-state index contributed by atoms with van der Waals surface area (Å²) in [5.41, 5.74) is 2.16. The largest absolute Gasteiger partial charge is 0.355 e. The molecular weight excluding hydrogens is 307 g/mol. The van der Waals surface area contributed by atoms with Gasteiger partial charge in [-0.25, -0.2) is 4.39 Å². The third-order valence-electron chi connectivity index (χ3n) is 4.86. The average molecular weight is 330 g/mol. The Balaban J connectivity index is 1.44. The van der Waals surface area contributed by atoms with Crippen LogP contribution in [-0.2, 0) is 9.59 Å². The molecule has 0 bridgehead atoms. The molecule has 2 atom stereocenters. The van der Waals surface area contributed by atoms with E-state index in [0.717, 1.165) is 24.0 Å². The number of hydrogen-bond acceptors (Lipinski definition) is 2. The lowest BCUT2D eigenvalue weighted by Crippen LogP contribution is -2.37. The van der Waals surface area contributed by atoms with Crippen LogP contribution < -0.4 is 5.32 Å². The molecule has 1 N–H and O–H groups in total. The van der Waals surface area contributed by atoms with E-state index in [1.807, 2.05) is 6.08 Å². The van der Waals surface area contributed by atoms with E-state index in [1.165, 1.54) is 12.1 Å². The Morgan fingerprint density at radius 2 is 2.00 bits per heavy atom. The third-order valence-corrected chi connectivity index (χ3v) is 4.86. The van der Waals surface area contributed by atoms with Crippen molar-refractivity contribution in [2.45, 2.75) is 26.2 Å². The van der Waals surface area contributed by atoms with Crippen LogP contribution in [0.25, 0.3) is 5.57 Å². The van der Waals surface area contributed by atoms with Crippen molar-refractivity contribution < 1.29 is 14.0 Å². The molecule has 1 aliphatic carbocycles. The van der Waals surface area contributed by atoms with Gasteiger partial charge < -0.3 is 10.2 Å². The standard InChI is InChI=1S/C19H23FN2O2/c1-13-12-17(13)19(24)21-9-6-18(23)22-10-7-15(8-11-22)14-2-4-16(20)5-3-14/h2-5,7,13,17H,6,8-12H2,1H3,(H,21,24). The van der Waals surface area contributed by atoms with E-state index in [1.54, 1.807) is 17.0 Å². The number of carbonyl (C=O) groups is 2. The van der Waals surface area contributed by atoms with Crippen molar-refractivity contribution in [2.75, 3.05) is 19.6 Å². The van der Waals surface area contributed by atoms with Crippen molar-refractivity contribution >= 4 is 17.4 Å². The predicted molar refractivity (Wildman–Crippen MR) is 90.5 cm³/mol. The number of rotatable bonds is 5. The highest BCUT2D eigenvalue weighted by Crippen LogP contribution is 2.37. The van der Waals surface area contributed by atoms with Crippen LogP contribution in [0.2, 0.25) is 0 Å². The molecule has 1 saturated carbocycles. The minimum absolute atomic E-state index is 0.0635. The van der Waals surface area contributed by atoms with E-state index >= 15 is 0 Å². The van der Waals surface area contributed by atoms with Crippen LogP contribution in [0.1, 0.15) is 31.7 Å². The van der Waals surface area contributed by atoms with Crippen LogP contribution in [0.5, 0.6) is 0 Å². The van der Waals surface area contributed by atoms with Gasteiger partial charge in [0.15, 0.2) is 0 Å². The number of benzene rings is 1. The maximum absolute atomic E-state index is 13.0. The molecule has 2 unspecified atom stereocenters. The van der Waals surface area contributed by atoms with Gasteiger partial charge in [-0.05, 0) is 42.0 Å². The molecule has 24 heavy (non-hydrogen) atoms. The molecule has 1 aliphatic heterocycles. The van der Waals surface area contributed by atoms with Crippen LogP contribution in [0, 0.1) is 17.7 Å². The molecule has 4 nitrogen and oxygen atoms in total. The molecular formula is C19H23FN2O2. The van der Waals surface area contributed by atoms with Crippen molar-refractivity contribution in [1.29, 1.82) is 0 Å². The zero-order valence-electron chi connectivity index (χ0n) is 13.9. The first-order chi connectivity index (χ1) is 11.5. The minimum Gasteiger partial charge on any atom is -0.355 e. The molecule has 0 saturated heterocycles. The number of amides is 2. The number of hydrogen-bond donors (Lipinski definition) is 1. The molecule has 5 heteroatoms. The van der Waals surface area contributed by atoms with E-state index < -0.39 is 0 Å². The highest BCUT2D eigenvalue weighted by atomic mass is 19.1. The van der Waals surface area contributed by atoms with Crippen LogP contribution in [0.4, 0.5) is 4.39 Å². The summed E-state index contributed by atoms with van der Waals surface area (Å²) < 4.78 is 13.0. The Labute approximate surface area is 141 Å². The van der Waals surface area contributed by atoms with Gasteiger partial charge in [0.2, 0.25) is 11.8 Å². The Bertz CT molecular complexity index is 654. The Morgan fingerprint density at radius 1 is 1.29 bits per heavy atom. The molecule has 1 aromatic rings. The molecule has 0 radical (unpaired) electrons. The van der Waals surface area contributed by atoms with Gasteiger partial charge in [0.05, 0.1) is 0 Å². The van der Waals surface area contributed by atoms with Crippen LogP contribution in [0.15, 0.2) is 30.3 Å². The molecule has 2 aliphatic rings. The highest BCUT2D eigenvalue weighted by molar-refractivity contribution is 5.83. The van der Waals surface area contributed by atoms with Gasteiger partial charge in [0.1, 0.15) is 5.82 Å². The second-order valence-electron chi connectivity index (χ2n) is 6.69. The molecule has 1 heterocycles. The van der Waals surface area contributed by atoms with Gasteiger partial charge in [-0.1, -0.05) is 25.1 Å². The van der Waals surface area contributed by atoms with Gasteiger partial charge in [-0.15, -0.1) is 0 Å². The van der Waals surface area contributed by atoms with Gasteiger partial charge in [-0.3, -0.25) is 9.59 Å². The lowest BCUT2D eigenvalue weighted by molar-refractivity contribution is -0.130. The first-order valence-electron chi connectivity index (χ1n) is 8.55. The van der Waals surface area contributed by atoms with Crippen molar-refractivity contribution in [3.63, 3.8) is 0 Å². The second kappa shape index (κ2) is 7.16. The summed E-state index contributed by atoms with van der Waals surface area (Å²) >= 11 is 0. The molecule has 128 valence electrons. The van der Waals surface area contributed by atoms with E-state index in [9.17, 15) is 14.0 Å². The maximum Gasteiger partial charge on any atom is 0.224 e. The summed E-state index contributed by atoms with van der Waals surface area (Å²) in [6, 6.07) is 6.45. The highest BCUT2D eigenvalue weighted by Gasteiger charge is 2.38. The summed E-state index contributed by atoms with van der Waals surface area (Å²) in [7, 11) is 0. The summed E-state index contributed by atoms with van der Waals surface area (Å²) in [6.45, 7) is 3.70. The fourth-order valence-electron chi connectivity index (χ4n) is 3.09. The summed E-state index contributed by atoms with van der Waals surface area (Å²) in [4.78, 5) is 25.7. The van der Waals surface area contributed by atoms with Gasteiger partial charge >= 0.3 is 0 Å². The summed E-state index contributed by atoms with van der Waals surface area (Å²) in [5.74, 6) is 0.532. The topological polar surface area (TPSA) is 49.4 Å². The minimum atomic E-state index is -0.241. The first-order valence-corrected chi connectivity index (χ1v) is 8.55. The molecule has 1 aromatic carbocycles. The van der Waals surface area contributed by atoms with Crippen LogP contribution in [-0.4, -0.2) is 36.3 Å². The van der Waals surface area contributed by atoms with Crippen molar-refractivity contribution in [3.8, 4) is 0 Å². The predicted octanol–water partition coefficient (Wildman–Crippen LogP) is 2.60. The number of halogens is 1. The van der Waals surface area contributed by atoms with Crippen molar-refractivity contribution in [3.05, 3.63) is 41.7 Å². The molecule has 0 spiro atoms. The SMILES string of the molecule is CC1CC1C(=O)NCCC(=O)N1CC=C(c2ccc(F)cc2)CC1. The van der Waals surface area contributed by atoms with Crippen LogP contribution in [0.3, 0.4) is 0 Å². The van der Waals surface area contributed by atoms with Crippen molar-refractivity contribution in [2.24, 2.45) is 11.8 Å². The van der Waals surface area contributed by atoms with Gasteiger partial charge in [-0.2, -0.15) is 0 Å². The zero-order chi connectivity index (χ0) is 17.1. The lowest BCUT2D eigenvalue weighted by atomic mass is 9.99. The third kappa shape index (κ3) is 4.02.